The second-order valence-electron chi connectivity index (χ2n) is 4.75. The third kappa shape index (κ3) is 2.80. The summed E-state index contributed by atoms with van der Waals surface area (Å²) < 4.78 is 0. The number of carbonyl (C=O) groups excluding carboxylic acids is 1. The van der Waals surface area contributed by atoms with E-state index in [0.29, 0.717) is 22.8 Å². The number of aromatic nitrogens is 2. The highest BCUT2D eigenvalue weighted by atomic mass is 16.3. The zero-order chi connectivity index (χ0) is 15.5. The number of hydrogen-bond acceptors (Lipinski definition) is 5. The van der Waals surface area contributed by atoms with Gasteiger partial charge in [-0.15, -0.1) is 0 Å². The lowest BCUT2D eigenvalue weighted by molar-refractivity contribution is -0.114. The quantitative estimate of drug-likeness (QED) is 0.691. The van der Waals surface area contributed by atoms with Crippen molar-refractivity contribution in [3.63, 3.8) is 0 Å². The molecule has 6 nitrogen and oxygen atoms in total. The van der Waals surface area contributed by atoms with Gasteiger partial charge in [0, 0.05) is 24.6 Å². The number of aromatic hydroxyl groups is 1. The molecule has 0 fully saturated rings. The first kappa shape index (κ1) is 13.8. The summed E-state index contributed by atoms with van der Waals surface area (Å²) >= 11 is 0. The number of rotatable bonds is 3. The highest BCUT2D eigenvalue weighted by Gasteiger charge is 2.10. The first-order valence-corrected chi connectivity index (χ1v) is 6.72. The van der Waals surface area contributed by atoms with E-state index in [1.54, 1.807) is 24.4 Å². The van der Waals surface area contributed by atoms with Crippen molar-refractivity contribution in [2.45, 2.75) is 6.92 Å². The monoisotopic (exact) mass is 294 g/mol. The fourth-order valence-corrected chi connectivity index (χ4v) is 2.16. The maximum absolute atomic E-state index is 11.3. The molecule has 22 heavy (non-hydrogen) atoms. The largest absolute Gasteiger partial charge is 0.506 e. The maximum Gasteiger partial charge on any atom is 0.222 e. The van der Waals surface area contributed by atoms with Crippen LogP contribution in [0.5, 0.6) is 5.75 Å². The molecule has 0 atom stereocenters. The van der Waals surface area contributed by atoms with Gasteiger partial charge in [-0.2, -0.15) is 0 Å². The SMILES string of the molecule is CC(=O)Nc1cc(Nc2ccccn2)c2cccc(O)c2n1. The van der Waals surface area contributed by atoms with Crippen LogP contribution in [0.1, 0.15) is 6.92 Å². The Morgan fingerprint density at radius 2 is 2.00 bits per heavy atom. The van der Waals surface area contributed by atoms with E-state index in [2.05, 4.69) is 20.6 Å². The summed E-state index contributed by atoms with van der Waals surface area (Å²) in [4.78, 5) is 19.7. The van der Waals surface area contributed by atoms with Gasteiger partial charge in [0.1, 0.15) is 22.9 Å². The van der Waals surface area contributed by atoms with E-state index in [0.717, 1.165) is 5.39 Å². The molecule has 0 unspecified atom stereocenters. The number of amides is 1. The van der Waals surface area contributed by atoms with Gasteiger partial charge in [-0.25, -0.2) is 9.97 Å². The summed E-state index contributed by atoms with van der Waals surface area (Å²) in [5.41, 5.74) is 1.11. The second-order valence-corrected chi connectivity index (χ2v) is 4.75. The zero-order valence-electron chi connectivity index (χ0n) is 11.9. The molecule has 3 aromatic rings. The molecule has 0 saturated carbocycles. The van der Waals surface area contributed by atoms with Crippen LogP contribution in [0.15, 0.2) is 48.7 Å². The maximum atomic E-state index is 11.3. The van der Waals surface area contributed by atoms with Crippen LogP contribution >= 0.6 is 0 Å². The molecule has 0 aliphatic heterocycles. The number of benzene rings is 1. The van der Waals surface area contributed by atoms with Crippen molar-refractivity contribution < 1.29 is 9.90 Å². The predicted molar refractivity (Wildman–Crippen MR) is 85.2 cm³/mol. The summed E-state index contributed by atoms with van der Waals surface area (Å²) in [6.07, 6.45) is 1.68. The Kier molecular flexibility index (Phi) is 3.57. The fourth-order valence-electron chi connectivity index (χ4n) is 2.16. The first-order valence-electron chi connectivity index (χ1n) is 6.72. The minimum Gasteiger partial charge on any atom is -0.506 e. The van der Waals surface area contributed by atoms with Gasteiger partial charge in [-0.05, 0) is 18.2 Å². The van der Waals surface area contributed by atoms with Gasteiger partial charge in [0.05, 0.1) is 5.69 Å². The molecule has 0 radical (unpaired) electrons. The van der Waals surface area contributed by atoms with Crippen LogP contribution in [0.3, 0.4) is 0 Å². The number of nitrogens with one attached hydrogen (secondary N) is 2. The Balaban J connectivity index is 2.13. The average Bonchev–Trinajstić information content (AvgIpc) is 2.49. The third-order valence-electron chi connectivity index (χ3n) is 3.05. The molecule has 0 aliphatic carbocycles. The molecule has 2 heterocycles. The molecule has 110 valence electrons. The number of anilines is 3. The van der Waals surface area contributed by atoms with E-state index in [1.165, 1.54) is 6.92 Å². The minimum atomic E-state index is -0.231. The van der Waals surface area contributed by atoms with Crippen LogP contribution in [0, 0.1) is 0 Å². The number of phenolic OH excluding ortho intramolecular Hbond substituents is 1. The number of fused-ring (bicyclic) bond motifs is 1. The molecule has 2 aromatic heterocycles. The molecular weight excluding hydrogens is 280 g/mol. The van der Waals surface area contributed by atoms with Gasteiger partial charge in [0.15, 0.2) is 0 Å². The number of para-hydroxylation sites is 1. The molecule has 0 aliphatic rings. The molecule has 1 aromatic carbocycles. The highest BCUT2D eigenvalue weighted by Crippen LogP contribution is 2.32. The number of nitrogens with zero attached hydrogens (tertiary/aromatic N) is 2. The van der Waals surface area contributed by atoms with Crippen molar-refractivity contribution in [2.24, 2.45) is 0 Å². The number of hydrogen-bond donors (Lipinski definition) is 3. The second kappa shape index (κ2) is 5.69. The van der Waals surface area contributed by atoms with Crippen LogP contribution in [0.2, 0.25) is 0 Å². The van der Waals surface area contributed by atoms with Gasteiger partial charge in [-0.3, -0.25) is 4.79 Å². The Morgan fingerprint density at radius 1 is 1.14 bits per heavy atom. The van der Waals surface area contributed by atoms with Crippen molar-refractivity contribution in [2.75, 3.05) is 10.6 Å². The van der Waals surface area contributed by atoms with Gasteiger partial charge in [0.2, 0.25) is 5.91 Å². The van der Waals surface area contributed by atoms with E-state index < -0.39 is 0 Å². The highest BCUT2D eigenvalue weighted by molar-refractivity contribution is 5.99. The first-order chi connectivity index (χ1) is 10.6. The van der Waals surface area contributed by atoms with Gasteiger partial charge in [-0.1, -0.05) is 18.2 Å². The van der Waals surface area contributed by atoms with E-state index in [-0.39, 0.29) is 11.7 Å². The number of pyridine rings is 2. The Labute approximate surface area is 126 Å². The molecule has 0 saturated heterocycles. The van der Waals surface area contributed by atoms with E-state index in [9.17, 15) is 9.90 Å². The van der Waals surface area contributed by atoms with Crippen molar-refractivity contribution in [3.05, 3.63) is 48.7 Å². The Morgan fingerprint density at radius 3 is 2.73 bits per heavy atom. The molecule has 3 rings (SSSR count). The molecule has 0 bridgehead atoms. The molecular formula is C16H14N4O2. The Bertz CT molecular complexity index is 834. The summed E-state index contributed by atoms with van der Waals surface area (Å²) in [5.74, 6) is 0.840. The average molecular weight is 294 g/mol. The van der Waals surface area contributed by atoms with Crippen molar-refractivity contribution in [3.8, 4) is 5.75 Å². The van der Waals surface area contributed by atoms with Crippen molar-refractivity contribution in [1.82, 2.24) is 9.97 Å². The van der Waals surface area contributed by atoms with E-state index >= 15 is 0 Å². The summed E-state index contributed by atoms with van der Waals surface area (Å²) in [7, 11) is 0. The van der Waals surface area contributed by atoms with Gasteiger partial charge in [0.25, 0.3) is 0 Å². The van der Waals surface area contributed by atoms with Crippen molar-refractivity contribution >= 4 is 34.1 Å². The lowest BCUT2D eigenvalue weighted by Crippen LogP contribution is -2.08. The molecule has 1 amide bonds. The summed E-state index contributed by atoms with van der Waals surface area (Å²) in [6, 6.07) is 12.4. The fraction of sp³-hybridized carbons (Fsp3) is 0.0625. The minimum absolute atomic E-state index is 0.0498. The Hall–Kier alpha value is -3.15. The predicted octanol–water partition coefficient (Wildman–Crippen LogP) is 3.04. The van der Waals surface area contributed by atoms with Crippen molar-refractivity contribution in [1.29, 1.82) is 0 Å². The summed E-state index contributed by atoms with van der Waals surface area (Å²) in [5, 5.41) is 16.5. The summed E-state index contributed by atoms with van der Waals surface area (Å²) in [6.45, 7) is 1.41. The molecule has 6 heteroatoms. The molecule has 0 spiro atoms. The lowest BCUT2D eigenvalue weighted by Gasteiger charge is -2.12. The standard InChI is InChI=1S/C16H14N4O2/c1-10(21)18-15-9-12(19-14-7-2-3-8-17-14)11-5-4-6-13(22)16(11)20-15/h2-9,22H,1H3,(H2,17,18,19,20,21). The van der Waals surface area contributed by atoms with Gasteiger partial charge < -0.3 is 15.7 Å². The van der Waals surface area contributed by atoms with Crippen LogP contribution < -0.4 is 10.6 Å². The molecule has 3 N–H and O–H groups in total. The zero-order valence-corrected chi connectivity index (χ0v) is 11.9. The number of carbonyl (C=O) groups is 1. The lowest BCUT2D eigenvalue weighted by atomic mass is 10.1. The van der Waals surface area contributed by atoms with Crippen LogP contribution in [0.4, 0.5) is 17.3 Å². The third-order valence-corrected chi connectivity index (χ3v) is 3.05. The van der Waals surface area contributed by atoms with Crippen LogP contribution in [-0.2, 0) is 4.79 Å². The van der Waals surface area contributed by atoms with Crippen LogP contribution in [0.25, 0.3) is 10.9 Å². The normalized spacial score (nSPS) is 10.4. The van der Waals surface area contributed by atoms with E-state index in [4.69, 9.17) is 0 Å². The topological polar surface area (TPSA) is 87.1 Å². The van der Waals surface area contributed by atoms with Crippen LogP contribution in [-0.4, -0.2) is 21.0 Å². The van der Waals surface area contributed by atoms with Gasteiger partial charge >= 0.3 is 0 Å². The van der Waals surface area contributed by atoms with E-state index in [1.807, 2.05) is 24.3 Å². The smallest absolute Gasteiger partial charge is 0.222 e. The number of phenols is 1.